The van der Waals surface area contributed by atoms with Crippen molar-refractivity contribution in [3.05, 3.63) is 48.1 Å². The summed E-state index contributed by atoms with van der Waals surface area (Å²) in [6.07, 6.45) is 6.37. The minimum atomic E-state index is -0.318. The molecule has 0 aromatic carbocycles. The normalized spacial score (nSPS) is 12.6. The van der Waals surface area contributed by atoms with Gasteiger partial charge in [0.25, 0.3) is 0 Å². The van der Waals surface area contributed by atoms with Crippen LogP contribution in [0.4, 0.5) is 4.39 Å². The molecule has 90 valence electrons. The summed E-state index contributed by atoms with van der Waals surface area (Å²) in [5.74, 6) is 0.471. The molecule has 2 heterocycles. The molecule has 4 nitrogen and oxygen atoms in total. The molecular weight excluding hydrogens is 219 g/mol. The predicted molar refractivity (Wildman–Crippen MR) is 62.9 cm³/mol. The standard InChI is InChI=1S/C12H15FN4/c1-3-15-11(12-16-6-7-17(12)2)9-4-5-14-8-10(9)13/h4-8,11,15H,3H2,1-2H3. The van der Waals surface area contributed by atoms with E-state index in [-0.39, 0.29) is 11.9 Å². The van der Waals surface area contributed by atoms with Gasteiger partial charge in [-0.2, -0.15) is 0 Å². The number of pyridine rings is 1. The molecule has 0 fully saturated rings. The minimum absolute atomic E-state index is 0.247. The SMILES string of the molecule is CCNC(c1ccncc1F)c1nccn1C. The Morgan fingerprint density at radius 1 is 1.47 bits per heavy atom. The van der Waals surface area contributed by atoms with Crippen LogP contribution < -0.4 is 5.32 Å². The summed E-state index contributed by atoms with van der Waals surface area (Å²) in [5.41, 5.74) is 0.566. The van der Waals surface area contributed by atoms with Crippen molar-refractivity contribution in [1.82, 2.24) is 19.9 Å². The fourth-order valence-electron chi connectivity index (χ4n) is 1.82. The first-order valence-electron chi connectivity index (χ1n) is 5.54. The Kier molecular flexibility index (Phi) is 3.49. The first-order chi connectivity index (χ1) is 8.24. The summed E-state index contributed by atoms with van der Waals surface area (Å²) in [6.45, 7) is 2.72. The van der Waals surface area contributed by atoms with Gasteiger partial charge in [0, 0.05) is 31.2 Å². The molecule has 0 aliphatic heterocycles. The Morgan fingerprint density at radius 3 is 2.88 bits per heavy atom. The number of aryl methyl sites for hydroxylation is 1. The summed E-state index contributed by atoms with van der Waals surface area (Å²) in [7, 11) is 1.89. The summed E-state index contributed by atoms with van der Waals surface area (Å²) < 4.78 is 15.6. The Morgan fingerprint density at radius 2 is 2.29 bits per heavy atom. The van der Waals surface area contributed by atoms with Crippen molar-refractivity contribution in [1.29, 1.82) is 0 Å². The number of nitrogens with zero attached hydrogens (tertiary/aromatic N) is 3. The van der Waals surface area contributed by atoms with Crippen LogP contribution in [0.25, 0.3) is 0 Å². The molecule has 0 saturated heterocycles. The second-order valence-corrected chi connectivity index (χ2v) is 3.78. The van der Waals surface area contributed by atoms with Crippen LogP contribution >= 0.6 is 0 Å². The Balaban J connectivity index is 2.43. The van der Waals surface area contributed by atoms with Crippen LogP contribution in [-0.2, 0) is 7.05 Å². The van der Waals surface area contributed by atoms with E-state index in [0.29, 0.717) is 5.56 Å². The van der Waals surface area contributed by atoms with E-state index in [0.717, 1.165) is 12.4 Å². The lowest BCUT2D eigenvalue weighted by atomic mass is 10.1. The van der Waals surface area contributed by atoms with Gasteiger partial charge in [-0.3, -0.25) is 4.98 Å². The van der Waals surface area contributed by atoms with E-state index in [1.54, 1.807) is 18.5 Å². The summed E-state index contributed by atoms with van der Waals surface area (Å²) in [4.78, 5) is 8.03. The molecule has 0 saturated carbocycles. The molecule has 1 unspecified atom stereocenters. The highest BCUT2D eigenvalue weighted by Crippen LogP contribution is 2.21. The first-order valence-corrected chi connectivity index (χ1v) is 5.54. The van der Waals surface area contributed by atoms with Crippen LogP contribution in [0.2, 0.25) is 0 Å². The average Bonchev–Trinajstić information content (AvgIpc) is 2.74. The zero-order chi connectivity index (χ0) is 12.3. The minimum Gasteiger partial charge on any atom is -0.336 e. The van der Waals surface area contributed by atoms with Crippen LogP contribution in [0.3, 0.4) is 0 Å². The Labute approximate surface area is 99.5 Å². The number of hydrogen-bond donors (Lipinski definition) is 1. The molecule has 1 N–H and O–H groups in total. The van der Waals surface area contributed by atoms with Crippen molar-refractivity contribution < 1.29 is 4.39 Å². The number of imidazole rings is 1. The maximum absolute atomic E-state index is 13.7. The van der Waals surface area contributed by atoms with Crippen molar-refractivity contribution in [3.63, 3.8) is 0 Å². The fourth-order valence-corrected chi connectivity index (χ4v) is 1.82. The van der Waals surface area contributed by atoms with Crippen LogP contribution in [0.5, 0.6) is 0 Å². The average molecular weight is 234 g/mol. The second-order valence-electron chi connectivity index (χ2n) is 3.78. The van der Waals surface area contributed by atoms with E-state index >= 15 is 0 Å². The van der Waals surface area contributed by atoms with Gasteiger partial charge >= 0.3 is 0 Å². The number of nitrogens with one attached hydrogen (secondary N) is 1. The zero-order valence-electron chi connectivity index (χ0n) is 9.89. The van der Waals surface area contributed by atoms with Gasteiger partial charge in [-0.15, -0.1) is 0 Å². The molecule has 0 bridgehead atoms. The molecule has 0 aliphatic rings. The molecule has 5 heteroatoms. The van der Waals surface area contributed by atoms with E-state index in [1.165, 1.54) is 6.20 Å². The second kappa shape index (κ2) is 5.05. The lowest BCUT2D eigenvalue weighted by Gasteiger charge is -2.18. The first kappa shape index (κ1) is 11.7. The van der Waals surface area contributed by atoms with Crippen molar-refractivity contribution in [2.45, 2.75) is 13.0 Å². The molecular formula is C12H15FN4. The van der Waals surface area contributed by atoms with Gasteiger partial charge in [0.1, 0.15) is 11.6 Å². The maximum Gasteiger partial charge on any atom is 0.146 e. The highest BCUT2D eigenvalue weighted by atomic mass is 19.1. The van der Waals surface area contributed by atoms with Gasteiger partial charge < -0.3 is 9.88 Å². The Hall–Kier alpha value is -1.75. The van der Waals surface area contributed by atoms with E-state index in [9.17, 15) is 4.39 Å². The molecule has 1 atom stereocenters. The molecule has 2 rings (SSSR count). The number of hydrogen-bond acceptors (Lipinski definition) is 3. The van der Waals surface area contributed by atoms with Gasteiger partial charge in [0.15, 0.2) is 0 Å². The Bertz CT molecular complexity index is 495. The molecule has 2 aromatic rings. The highest BCUT2D eigenvalue weighted by molar-refractivity contribution is 5.24. The zero-order valence-corrected chi connectivity index (χ0v) is 9.89. The van der Waals surface area contributed by atoms with Gasteiger partial charge in [0.2, 0.25) is 0 Å². The number of halogens is 1. The number of rotatable bonds is 4. The van der Waals surface area contributed by atoms with Crippen molar-refractivity contribution in [2.24, 2.45) is 7.05 Å². The molecule has 2 aromatic heterocycles. The summed E-state index contributed by atoms with van der Waals surface area (Å²) in [5, 5.41) is 3.23. The van der Waals surface area contributed by atoms with E-state index < -0.39 is 0 Å². The smallest absolute Gasteiger partial charge is 0.146 e. The molecule has 0 radical (unpaired) electrons. The van der Waals surface area contributed by atoms with E-state index in [1.807, 2.05) is 24.7 Å². The van der Waals surface area contributed by atoms with Gasteiger partial charge in [0.05, 0.1) is 12.2 Å². The molecule has 0 amide bonds. The van der Waals surface area contributed by atoms with Gasteiger partial charge in [-0.1, -0.05) is 6.92 Å². The highest BCUT2D eigenvalue weighted by Gasteiger charge is 2.20. The summed E-state index contributed by atoms with van der Waals surface area (Å²) >= 11 is 0. The van der Waals surface area contributed by atoms with Crippen LogP contribution in [-0.4, -0.2) is 21.1 Å². The summed E-state index contributed by atoms with van der Waals surface area (Å²) in [6, 6.07) is 1.43. The quantitative estimate of drug-likeness (QED) is 0.874. The third kappa shape index (κ3) is 2.34. The van der Waals surface area contributed by atoms with Crippen LogP contribution in [0.1, 0.15) is 24.4 Å². The lowest BCUT2D eigenvalue weighted by Crippen LogP contribution is -2.25. The van der Waals surface area contributed by atoms with Gasteiger partial charge in [-0.05, 0) is 12.6 Å². The van der Waals surface area contributed by atoms with E-state index in [2.05, 4.69) is 15.3 Å². The number of aromatic nitrogens is 3. The van der Waals surface area contributed by atoms with Crippen LogP contribution in [0, 0.1) is 5.82 Å². The topological polar surface area (TPSA) is 42.7 Å². The van der Waals surface area contributed by atoms with Crippen molar-refractivity contribution in [3.8, 4) is 0 Å². The predicted octanol–water partition coefficient (Wildman–Crippen LogP) is 1.65. The third-order valence-corrected chi connectivity index (χ3v) is 2.64. The fraction of sp³-hybridized carbons (Fsp3) is 0.333. The largest absolute Gasteiger partial charge is 0.336 e. The van der Waals surface area contributed by atoms with Gasteiger partial charge in [-0.25, -0.2) is 9.37 Å². The monoisotopic (exact) mass is 234 g/mol. The molecule has 0 aliphatic carbocycles. The lowest BCUT2D eigenvalue weighted by molar-refractivity contribution is 0.529. The maximum atomic E-state index is 13.7. The van der Waals surface area contributed by atoms with Crippen molar-refractivity contribution >= 4 is 0 Å². The molecule has 0 spiro atoms. The van der Waals surface area contributed by atoms with Crippen molar-refractivity contribution in [2.75, 3.05) is 6.54 Å². The van der Waals surface area contributed by atoms with Crippen LogP contribution in [0.15, 0.2) is 30.9 Å². The third-order valence-electron chi connectivity index (χ3n) is 2.64. The molecule has 17 heavy (non-hydrogen) atoms. The van der Waals surface area contributed by atoms with E-state index in [4.69, 9.17) is 0 Å².